The van der Waals surface area contributed by atoms with Gasteiger partial charge in [-0.15, -0.1) is 0 Å². The summed E-state index contributed by atoms with van der Waals surface area (Å²) in [6.07, 6.45) is 0.901. The molecule has 1 aliphatic heterocycles. The number of aliphatic hydroxyl groups excluding tert-OH is 1. The predicted molar refractivity (Wildman–Crippen MR) is 114 cm³/mol. The monoisotopic (exact) mass is 400 g/mol. The number of fused-ring (bicyclic) bond motifs is 4. The lowest BCUT2D eigenvalue weighted by atomic mass is 10.1. The number of hydrogen-bond acceptors (Lipinski definition) is 6. The number of hydrogen-bond donors (Lipinski definition) is 5. The third-order valence-corrected chi connectivity index (χ3v) is 5.14. The molecule has 0 aromatic heterocycles. The van der Waals surface area contributed by atoms with E-state index in [0.29, 0.717) is 19.5 Å². The Kier molecular flexibility index (Phi) is 8.16. The number of ether oxygens (including phenoxy) is 1. The Morgan fingerprint density at radius 1 is 0.966 bits per heavy atom. The van der Waals surface area contributed by atoms with E-state index in [9.17, 15) is 9.90 Å². The van der Waals surface area contributed by atoms with Gasteiger partial charge in [0.25, 0.3) is 0 Å². The molecule has 2 aliphatic carbocycles. The van der Waals surface area contributed by atoms with Gasteiger partial charge in [0.1, 0.15) is 6.10 Å². The van der Waals surface area contributed by atoms with Crippen LogP contribution in [0, 0.1) is 0 Å². The number of aliphatic hydroxyl groups is 1. The van der Waals surface area contributed by atoms with E-state index in [1.165, 1.54) is 16.7 Å². The molecule has 2 aromatic carbocycles. The average molecular weight is 401 g/mol. The molecular weight excluding hydrogens is 368 g/mol. The van der Waals surface area contributed by atoms with Crippen molar-refractivity contribution in [2.75, 3.05) is 13.1 Å². The minimum Gasteiger partial charge on any atom is -0.443 e. The topological polar surface area (TPSA) is 137 Å². The molecule has 0 unspecified atom stereocenters. The lowest BCUT2D eigenvalue weighted by Crippen LogP contribution is -2.21. The summed E-state index contributed by atoms with van der Waals surface area (Å²) in [5.41, 5.74) is 20.3. The van der Waals surface area contributed by atoms with Gasteiger partial charge in [-0.25, -0.2) is 4.79 Å². The molecule has 1 fully saturated rings. The summed E-state index contributed by atoms with van der Waals surface area (Å²) in [4.78, 5) is 10.9. The quantitative estimate of drug-likeness (QED) is 0.492. The highest BCUT2D eigenvalue weighted by Gasteiger charge is 2.41. The number of carbonyl (C=O) groups excluding carboxylic acids is 1. The van der Waals surface area contributed by atoms with E-state index >= 15 is 0 Å². The molecule has 7 heteroatoms. The predicted octanol–water partition coefficient (Wildman–Crippen LogP) is 1.54. The molecular formula is C22H32N4O3. The SMILES string of the molecule is C.NCCN.N[C@@H]1c2ccccc2C[C@@H]1O.O=C1N[C@@H]2c3ccccc3C[C@@H]2O1. The lowest BCUT2D eigenvalue weighted by Gasteiger charge is -2.07. The van der Waals surface area contributed by atoms with E-state index in [1.807, 2.05) is 36.4 Å². The van der Waals surface area contributed by atoms with Crippen molar-refractivity contribution in [3.05, 3.63) is 70.8 Å². The summed E-state index contributed by atoms with van der Waals surface area (Å²) in [6.45, 7) is 1.19. The first-order valence-electron chi connectivity index (χ1n) is 9.51. The standard InChI is InChI=1S/C10H9NO2.C9H11NO.C2H8N2.CH4/c12-10-11-9-7-4-2-1-3-6(7)5-8(9)13-10;10-9-7-4-2-1-3-6(7)5-8(9)11;3-1-2-4;/h1-4,8-9H,5H2,(H,11,12);1-4,8-9,11H,5,10H2;1-4H2;1H4/t2*8-,9+;;/m00../s1. The molecule has 0 spiro atoms. The molecule has 0 bridgehead atoms. The molecule has 7 nitrogen and oxygen atoms in total. The van der Waals surface area contributed by atoms with Crippen LogP contribution in [-0.2, 0) is 17.6 Å². The van der Waals surface area contributed by atoms with Crippen LogP contribution in [0.4, 0.5) is 4.79 Å². The van der Waals surface area contributed by atoms with Gasteiger partial charge in [0.2, 0.25) is 0 Å². The van der Waals surface area contributed by atoms with Crippen LogP contribution in [0.5, 0.6) is 0 Å². The molecule has 2 aromatic rings. The van der Waals surface area contributed by atoms with Gasteiger partial charge in [-0.3, -0.25) is 0 Å². The molecule has 29 heavy (non-hydrogen) atoms. The number of nitrogens with one attached hydrogen (secondary N) is 1. The van der Waals surface area contributed by atoms with Gasteiger partial charge < -0.3 is 32.4 Å². The molecule has 8 N–H and O–H groups in total. The van der Waals surface area contributed by atoms with Gasteiger partial charge in [-0.05, 0) is 22.3 Å². The van der Waals surface area contributed by atoms with Gasteiger partial charge in [-0.1, -0.05) is 56.0 Å². The van der Waals surface area contributed by atoms with E-state index in [4.69, 9.17) is 21.9 Å². The van der Waals surface area contributed by atoms with E-state index in [1.54, 1.807) is 0 Å². The highest BCUT2D eigenvalue weighted by Crippen LogP contribution is 2.36. The molecule has 0 saturated carbocycles. The van der Waals surface area contributed by atoms with Crippen molar-refractivity contribution in [3.63, 3.8) is 0 Å². The molecule has 1 heterocycles. The van der Waals surface area contributed by atoms with Gasteiger partial charge >= 0.3 is 6.09 Å². The number of benzene rings is 2. The Labute approximate surface area is 172 Å². The highest BCUT2D eigenvalue weighted by molar-refractivity contribution is 5.71. The Morgan fingerprint density at radius 2 is 1.52 bits per heavy atom. The Hall–Kier alpha value is -2.45. The number of nitrogens with two attached hydrogens (primary N) is 3. The number of carbonyl (C=O) groups is 1. The Balaban J connectivity index is 0.000000172. The summed E-state index contributed by atoms with van der Waals surface area (Å²) in [5, 5.41) is 12.2. The van der Waals surface area contributed by atoms with Crippen LogP contribution in [0.25, 0.3) is 0 Å². The first kappa shape index (κ1) is 22.8. The summed E-state index contributed by atoms with van der Waals surface area (Å²) < 4.78 is 5.12. The second-order valence-electron chi connectivity index (χ2n) is 7.04. The average Bonchev–Trinajstić information content (AvgIpc) is 3.33. The van der Waals surface area contributed by atoms with Crippen LogP contribution in [0.2, 0.25) is 0 Å². The van der Waals surface area contributed by atoms with Gasteiger partial charge in [-0.2, -0.15) is 0 Å². The fraction of sp³-hybridized carbons (Fsp3) is 0.409. The second kappa shape index (κ2) is 10.4. The van der Waals surface area contributed by atoms with Crippen molar-refractivity contribution < 1.29 is 14.6 Å². The molecule has 1 saturated heterocycles. The number of rotatable bonds is 1. The highest BCUT2D eigenvalue weighted by atomic mass is 16.6. The van der Waals surface area contributed by atoms with Crippen molar-refractivity contribution in [2.45, 2.75) is 44.6 Å². The van der Waals surface area contributed by atoms with Crippen LogP contribution in [-0.4, -0.2) is 36.5 Å². The maximum atomic E-state index is 10.9. The summed E-state index contributed by atoms with van der Waals surface area (Å²) in [7, 11) is 0. The maximum absolute atomic E-state index is 10.9. The minimum atomic E-state index is -0.382. The van der Waals surface area contributed by atoms with E-state index in [2.05, 4.69) is 17.4 Å². The van der Waals surface area contributed by atoms with Gasteiger partial charge in [0.05, 0.1) is 18.2 Å². The smallest absolute Gasteiger partial charge is 0.408 e. The molecule has 158 valence electrons. The summed E-state index contributed by atoms with van der Waals surface area (Å²) >= 11 is 0. The Morgan fingerprint density at radius 3 is 2.10 bits per heavy atom. The van der Waals surface area contributed by atoms with Gasteiger partial charge in [0, 0.05) is 25.9 Å². The van der Waals surface area contributed by atoms with Crippen LogP contribution in [0.3, 0.4) is 0 Å². The zero-order chi connectivity index (χ0) is 20.1. The molecule has 4 atom stereocenters. The zero-order valence-corrected chi connectivity index (χ0v) is 15.8. The van der Waals surface area contributed by atoms with Crippen LogP contribution in [0.15, 0.2) is 48.5 Å². The van der Waals surface area contributed by atoms with Crippen molar-refractivity contribution in [1.29, 1.82) is 0 Å². The van der Waals surface area contributed by atoms with E-state index in [0.717, 1.165) is 12.0 Å². The number of alkyl carbamates (subject to hydrolysis) is 1. The van der Waals surface area contributed by atoms with Crippen LogP contribution >= 0.6 is 0 Å². The third kappa shape index (κ3) is 5.13. The van der Waals surface area contributed by atoms with E-state index in [-0.39, 0.29) is 37.8 Å². The fourth-order valence-electron chi connectivity index (χ4n) is 3.74. The molecule has 1 amide bonds. The first-order chi connectivity index (χ1) is 13.5. The molecule has 0 radical (unpaired) electrons. The van der Waals surface area contributed by atoms with Crippen molar-refractivity contribution in [2.24, 2.45) is 17.2 Å². The van der Waals surface area contributed by atoms with Crippen molar-refractivity contribution in [1.82, 2.24) is 5.32 Å². The number of amides is 1. The largest absolute Gasteiger partial charge is 0.443 e. The third-order valence-electron chi connectivity index (χ3n) is 5.14. The lowest BCUT2D eigenvalue weighted by molar-refractivity contribution is 0.136. The first-order valence-corrected chi connectivity index (χ1v) is 9.51. The Bertz CT molecular complexity index is 812. The van der Waals surface area contributed by atoms with Gasteiger partial charge in [0.15, 0.2) is 0 Å². The van der Waals surface area contributed by atoms with Crippen molar-refractivity contribution in [3.8, 4) is 0 Å². The molecule has 5 rings (SSSR count). The van der Waals surface area contributed by atoms with Crippen molar-refractivity contribution >= 4 is 6.09 Å². The maximum Gasteiger partial charge on any atom is 0.408 e. The second-order valence-corrected chi connectivity index (χ2v) is 7.04. The van der Waals surface area contributed by atoms with E-state index < -0.39 is 0 Å². The van der Waals surface area contributed by atoms with Crippen LogP contribution in [0.1, 0.15) is 41.8 Å². The fourth-order valence-corrected chi connectivity index (χ4v) is 3.74. The normalized spacial score (nSPS) is 24.9. The zero-order valence-electron chi connectivity index (χ0n) is 15.8. The minimum absolute atomic E-state index is 0. The molecule has 3 aliphatic rings. The summed E-state index contributed by atoms with van der Waals surface area (Å²) in [5.74, 6) is 0. The van der Waals surface area contributed by atoms with Crippen LogP contribution < -0.4 is 22.5 Å². The summed E-state index contributed by atoms with van der Waals surface area (Å²) in [6, 6.07) is 16.0.